The molecule has 1 N–H and O–H groups in total. The van der Waals surface area contributed by atoms with Crippen LogP contribution in [0.3, 0.4) is 0 Å². The van der Waals surface area contributed by atoms with Crippen LogP contribution in [0, 0.1) is 6.92 Å². The molecule has 2 aromatic rings. The van der Waals surface area contributed by atoms with Gasteiger partial charge in [0.25, 0.3) is 0 Å². The molecule has 0 spiro atoms. The third-order valence-electron chi connectivity index (χ3n) is 3.67. The zero-order valence-electron chi connectivity index (χ0n) is 12.0. The number of rotatable bonds is 4. The molecule has 0 bridgehead atoms. The van der Waals surface area contributed by atoms with Crippen molar-refractivity contribution >= 4 is 11.3 Å². The highest BCUT2D eigenvalue weighted by molar-refractivity contribution is 7.11. The maximum atomic E-state index is 5.87. The summed E-state index contributed by atoms with van der Waals surface area (Å²) in [6, 6.07) is 8.31. The average molecular weight is 288 g/mol. The maximum absolute atomic E-state index is 5.87. The number of aromatic nitrogens is 1. The lowest BCUT2D eigenvalue weighted by atomic mass is 9.97. The zero-order chi connectivity index (χ0) is 13.9. The standard InChI is InChI=1S/C16H20N2OS/c1-3-17-9-15-11(2)18-16(20-15)13-8-12-6-4-5-7-14(12)19-10-13/h4-7,13,17H,3,8-10H2,1-2H3. The van der Waals surface area contributed by atoms with Crippen molar-refractivity contribution in [3.8, 4) is 5.75 Å². The average Bonchev–Trinajstić information content (AvgIpc) is 2.86. The first-order valence-electron chi connectivity index (χ1n) is 7.15. The number of nitrogens with zero attached hydrogens (tertiary/aromatic N) is 1. The van der Waals surface area contributed by atoms with E-state index in [1.165, 1.54) is 15.4 Å². The van der Waals surface area contributed by atoms with E-state index in [0.717, 1.165) is 37.6 Å². The highest BCUT2D eigenvalue weighted by atomic mass is 32.1. The van der Waals surface area contributed by atoms with Crippen molar-refractivity contribution in [3.63, 3.8) is 0 Å². The van der Waals surface area contributed by atoms with Gasteiger partial charge in [-0.25, -0.2) is 4.98 Å². The molecule has 0 saturated carbocycles. The lowest BCUT2D eigenvalue weighted by Gasteiger charge is -2.23. The van der Waals surface area contributed by atoms with E-state index in [0.29, 0.717) is 5.92 Å². The summed E-state index contributed by atoms with van der Waals surface area (Å²) in [5.41, 5.74) is 2.45. The first-order chi connectivity index (χ1) is 9.78. The van der Waals surface area contributed by atoms with Gasteiger partial charge in [-0.3, -0.25) is 0 Å². The molecule has 1 unspecified atom stereocenters. The molecule has 1 aliphatic heterocycles. The van der Waals surface area contributed by atoms with E-state index in [9.17, 15) is 0 Å². The monoisotopic (exact) mass is 288 g/mol. The van der Waals surface area contributed by atoms with Crippen LogP contribution in [-0.2, 0) is 13.0 Å². The smallest absolute Gasteiger partial charge is 0.122 e. The number of hydrogen-bond donors (Lipinski definition) is 1. The van der Waals surface area contributed by atoms with Crippen molar-refractivity contribution in [2.45, 2.75) is 32.7 Å². The quantitative estimate of drug-likeness (QED) is 0.937. The van der Waals surface area contributed by atoms with Crippen LogP contribution in [-0.4, -0.2) is 18.1 Å². The molecular formula is C16H20N2OS. The van der Waals surface area contributed by atoms with Gasteiger partial charge in [0.15, 0.2) is 0 Å². The van der Waals surface area contributed by atoms with Gasteiger partial charge in [0.2, 0.25) is 0 Å². The molecule has 0 aliphatic carbocycles. The minimum absolute atomic E-state index is 0.393. The van der Waals surface area contributed by atoms with E-state index < -0.39 is 0 Å². The third-order valence-corrected chi connectivity index (χ3v) is 4.99. The summed E-state index contributed by atoms with van der Waals surface area (Å²) in [5, 5.41) is 4.59. The van der Waals surface area contributed by atoms with Crippen LogP contribution in [0.5, 0.6) is 5.75 Å². The Hall–Kier alpha value is -1.39. The molecule has 2 heterocycles. The molecule has 3 nitrogen and oxygen atoms in total. The molecular weight excluding hydrogens is 268 g/mol. The minimum Gasteiger partial charge on any atom is -0.493 e. The molecule has 0 amide bonds. The second-order valence-corrected chi connectivity index (χ2v) is 6.28. The Kier molecular flexibility index (Phi) is 4.03. The second kappa shape index (κ2) is 5.94. The first kappa shape index (κ1) is 13.6. The summed E-state index contributed by atoms with van der Waals surface area (Å²) in [4.78, 5) is 6.11. The minimum atomic E-state index is 0.393. The van der Waals surface area contributed by atoms with Crippen molar-refractivity contribution in [3.05, 3.63) is 45.4 Å². The number of aryl methyl sites for hydroxylation is 1. The van der Waals surface area contributed by atoms with Gasteiger partial charge in [0.1, 0.15) is 5.75 Å². The first-order valence-corrected chi connectivity index (χ1v) is 7.97. The zero-order valence-corrected chi connectivity index (χ0v) is 12.8. The van der Waals surface area contributed by atoms with Crippen LogP contribution in [0.4, 0.5) is 0 Å². The number of thiazole rings is 1. The Bertz CT molecular complexity index is 594. The molecule has 1 atom stereocenters. The lowest BCUT2D eigenvalue weighted by Crippen LogP contribution is -2.18. The van der Waals surface area contributed by atoms with Gasteiger partial charge in [-0.05, 0) is 31.5 Å². The van der Waals surface area contributed by atoms with Gasteiger partial charge in [-0.2, -0.15) is 0 Å². The molecule has 1 aromatic heterocycles. The topological polar surface area (TPSA) is 34.1 Å². The second-order valence-electron chi connectivity index (χ2n) is 5.16. The van der Waals surface area contributed by atoms with Crippen molar-refractivity contribution in [2.75, 3.05) is 13.2 Å². The van der Waals surface area contributed by atoms with E-state index in [-0.39, 0.29) is 0 Å². The van der Waals surface area contributed by atoms with Crippen molar-refractivity contribution in [1.29, 1.82) is 0 Å². The molecule has 3 rings (SSSR count). The normalized spacial score (nSPS) is 17.6. The van der Waals surface area contributed by atoms with Crippen LogP contribution in [0.15, 0.2) is 24.3 Å². The van der Waals surface area contributed by atoms with Crippen molar-refractivity contribution in [2.24, 2.45) is 0 Å². The van der Waals surface area contributed by atoms with Gasteiger partial charge in [-0.15, -0.1) is 11.3 Å². The van der Waals surface area contributed by atoms with Gasteiger partial charge < -0.3 is 10.1 Å². The van der Waals surface area contributed by atoms with E-state index in [1.54, 1.807) is 0 Å². The predicted octanol–water partition coefficient (Wildman–Crippen LogP) is 3.28. The SMILES string of the molecule is CCNCc1sc(C2COc3ccccc3C2)nc1C. The molecule has 0 saturated heterocycles. The molecule has 106 valence electrons. The van der Waals surface area contributed by atoms with E-state index in [1.807, 2.05) is 17.4 Å². The van der Waals surface area contributed by atoms with Crippen molar-refractivity contribution < 1.29 is 4.74 Å². The summed E-state index contributed by atoms with van der Waals surface area (Å²) in [5.74, 6) is 1.42. The number of para-hydroxylation sites is 1. The molecule has 0 fully saturated rings. The largest absolute Gasteiger partial charge is 0.493 e. The van der Waals surface area contributed by atoms with Gasteiger partial charge in [0, 0.05) is 17.3 Å². The molecule has 20 heavy (non-hydrogen) atoms. The fraction of sp³-hybridized carbons (Fsp3) is 0.438. The Morgan fingerprint density at radius 1 is 1.40 bits per heavy atom. The van der Waals surface area contributed by atoms with Crippen LogP contribution in [0.25, 0.3) is 0 Å². The van der Waals surface area contributed by atoms with Crippen LogP contribution < -0.4 is 10.1 Å². The van der Waals surface area contributed by atoms with Gasteiger partial charge in [-0.1, -0.05) is 25.1 Å². The Morgan fingerprint density at radius 3 is 3.10 bits per heavy atom. The molecule has 4 heteroatoms. The highest BCUT2D eigenvalue weighted by Gasteiger charge is 2.24. The summed E-state index contributed by atoms with van der Waals surface area (Å²) in [6.45, 7) is 6.88. The van der Waals surface area contributed by atoms with Crippen LogP contribution in [0.1, 0.15) is 34.0 Å². The highest BCUT2D eigenvalue weighted by Crippen LogP contribution is 2.34. The summed E-state index contributed by atoms with van der Waals surface area (Å²) in [7, 11) is 0. The summed E-state index contributed by atoms with van der Waals surface area (Å²) in [6.07, 6.45) is 1.03. The number of ether oxygens (including phenoxy) is 1. The molecule has 1 aromatic carbocycles. The third kappa shape index (κ3) is 2.72. The fourth-order valence-corrected chi connectivity index (χ4v) is 3.63. The van der Waals surface area contributed by atoms with E-state index in [2.05, 4.69) is 37.4 Å². The van der Waals surface area contributed by atoms with Crippen molar-refractivity contribution in [1.82, 2.24) is 10.3 Å². The fourth-order valence-electron chi connectivity index (χ4n) is 2.51. The Labute approximate surface area is 124 Å². The Morgan fingerprint density at radius 2 is 2.25 bits per heavy atom. The Balaban J connectivity index is 1.78. The van der Waals surface area contributed by atoms with E-state index >= 15 is 0 Å². The predicted molar refractivity (Wildman–Crippen MR) is 82.6 cm³/mol. The summed E-state index contributed by atoms with van der Waals surface area (Å²) < 4.78 is 5.87. The molecule has 1 aliphatic rings. The van der Waals surface area contributed by atoms with Crippen LogP contribution in [0.2, 0.25) is 0 Å². The number of hydrogen-bond acceptors (Lipinski definition) is 4. The van der Waals surface area contributed by atoms with Crippen LogP contribution >= 0.6 is 11.3 Å². The van der Waals surface area contributed by atoms with Gasteiger partial charge in [0.05, 0.1) is 17.3 Å². The number of fused-ring (bicyclic) bond motifs is 1. The van der Waals surface area contributed by atoms with E-state index in [4.69, 9.17) is 9.72 Å². The number of benzene rings is 1. The molecule has 0 radical (unpaired) electrons. The maximum Gasteiger partial charge on any atom is 0.122 e. The number of nitrogens with one attached hydrogen (secondary N) is 1. The lowest BCUT2D eigenvalue weighted by molar-refractivity contribution is 0.262. The van der Waals surface area contributed by atoms with Gasteiger partial charge >= 0.3 is 0 Å². The summed E-state index contributed by atoms with van der Waals surface area (Å²) >= 11 is 1.83.